The van der Waals surface area contributed by atoms with Crippen molar-refractivity contribution in [2.24, 2.45) is 0 Å². The van der Waals surface area contributed by atoms with Gasteiger partial charge in [0, 0.05) is 68.1 Å². The second-order valence-corrected chi connectivity index (χ2v) is 11.8. The number of carbonyl (C=O) groups is 4. The van der Waals surface area contributed by atoms with E-state index in [0.717, 1.165) is 19.6 Å². The summed E-state index contributed by atoms with van der Waals surface area (Å²) in [5.74, 6) is -0.870. The molecule has 4 aliphatic rings. The molecule has 0 unspecified atom stereocenters. The molecule has 0 amide bonds. The summed E-state index contributed by atoms with van der Waals surface area (Å²) in [6, 6.07) is 24.0. The van der Waals surface area contributed by atoms with Gasteiger partial charge in [0.05, 0.1) is 13.2 Å². The van der Waals surface area contributed by atoms with Gasteiger partial charge in [-0.2, -0.15) is 0 Å². The number of hydrogen-bond acceptors (Lipinski definition) is 8. The third kappa shape index (κ3) is 6.24. The number of hydrogen-bond donors (Lipinski definition) is 0. The van der Waals surface area contributed by atoms with Gasteiger partial charge in [-0.3, -0.25) is 24.1 Å². The lowest BCUT2D eigenvalue weighted by Crippen LogP contribution is -2.47. The van der Waals surface area contributed by atoms with Crippen molar-refractivity contribution in [3.05, 3.63) is 128 Å². The highest BCUT2D eigenvalue weighted by Crippen LogP contribution is 2.32. The number of ether oxygens (including phenoxy) is 1. The van der Waals surface area contributed by atoms with E-state index in [1.54, 1.807) is 48.5 Å². The Kier molecular flexibility index (Phi) is 9.28. The average Bonchev–Trinajstić information content (AvgIpc) is 3.08. The topological polar surface area (TPSA) is 87.2 Å². The molecule has 0 saturated carbocycles. The Hall–Kier alpha value is -4.08. The Labute approximate surface area is 271 Å². The van der Waals surface area contributed by atoms with Crippen LogP contribution in [0.4, 0.5) is 0 Å². The van der Waals surface area contributed by atoms with Crippen molar-refractivity contribution in [2.75, 3.05) is 52.5 Å². The molecule has 0 atom stereocenters. The summed E-state index contributed by atoms with van der Waals surface area (Å²) in [6.45, 7) is 6.13. The number of halogens is 2. The van der Waals surface area contributed by atoms with Crippen molar-refractivity contribution in [3.8, 4) is 0 Å². The molecule has 0 bridgehead atoms. The van der Waals surface area contributed by atoms with E-state index in [9.17, 15) is 19.2 Å². The fourth-order valence-electron chi connectivity index (χ4n) is 5.99. The lowest BCUT2D eigenvalue weighted by Gasteiger charge is -2.38. The lowest BCUT2D eigenvalue weighted by molar-refractivity contribution is 0.0499. The summed E-state index contributed by atoms with van der Waals surface area (Å²) >= 11 is 12.4. The fraction of sp³-hybridized carbons (Fsp3) is 0.257. The van der Waals surface area contributed by atoms with Gasteiger partial charge in [-0.25, -0.2) is 0 Å². The highest BCUT2D eigenvalue weighted by molar-refractivity contribution is 6.50. The molecule has 2 heterocycles. The van der Waals surface area contributed by atoms with Crippen LogP contribution in [0.5, 0.6) is 0 Å². The van der Waals surface area contributed by atoms with Gasteiger partial charge < -0.3 is 14.5 Å². The fourth-order valence-corrected chi connectivity index (χ4v) is 6.60. The number of piperazine rings is 1. The second kappa shape index (κ2) is 13.5. The van der Waals surface area contributed by atoms with Gasteiger partial charge in [0.1, 0.15) is 21.5 Å². The van der Waals surface area contributed by atoms with Crippen molar-refractivity contribution in [2.45, 2.75) is 6.54 Å². The van der Waals surface area contributed by atoms with Gasteiger partial charge in [-0.1, -0.05) is 102 Å². The minimum Gasteiger partial charge on any atom is -0.378 e. The Morgan fingerprint density at radius 2 is 0.911 bits per heavy atom. The molecule has 0 N–H and O–H groups in total. The molecule has 3 aromatic rings. The number of benzene rings is 3. The number of nitrogens with zero attached hydrogens (tertiary/aromatic N) is 3. The summed E-state index contributed by atoms with van der Waals surface area (Å²) in [6.07, 6.45) is 0. The highest BCUT2D eigenvalue weighted by atomic mass is 35.5. The summed E-state index contributed by atoms with van der Waals surface area (Å²) < 4.78 is 5.25. The molecule has 2 saturated heterocycles. The molecule has 0 spiro atoms. The van der Waals surface area contributed by atoms with E-state index < -0.39 is 0 Å². The van der Waals surface area contributed by atoms with Crippen LogP contribution in [-0.4, -0.2) is 90.3 Å². The summed E-state index contributed by atoms with van der Waals surface area (Å²) in [5, 5.41) is 0.0656. The number of fused-ring (bicyclic) bond motifs is 2. The van der Waals surface area contributed by atoms with Crippen molar-refractivity contribution in [1.82, 2.24) is 14.7 Å². The van der Waals surface area contributed by atoms with Gasteiger partial charge in [0.15, 0.2) is 0 Å². The van der Waals surface area contributed by atoms with Crippen molar-refractivity contribution in [3.63, 3.8) is 0 Å². The van der Waals surface area contributed by atoms with E-state index >= 15 is 0 Å². The molecule has 230 valence electrons. The van der Waals surface area contributed by atoms with E-state index in [-0.39, 0.29) is 33.2 Å². The molecule has 3 aromatic carbocycles. The highest BCUT2D eigenvalue weighted by Gasteiger charge is 2.36. The number of morpholine rings is 1. The number of rotatable bonds is 4. The molecule has 0 radical (unpaired) electrons. The molecule has 2 fully saturated rings. The molecular formula is C35H31Cl2N3O5. The van der Waals surface area contributed by atoms with Crippen LogP contribution in [0.3, 0.4) is 0 Å². The summed E-state index contributed by atoms with van der Waals surface area (Å²) in [4.78, 5) is 56.3. The monoisotopic (exact) mass is 643 g/mol. The van der Waals surface area contributed by atoms with Crippen LogP contribution in [-0.2, 0) is 11.3 Å². The largest absolute Gasteiger partial charge is 0.378 e. The average molecular weight is 645 g/mol. The van der Waals surface area contributed by atoms with Crippen LogP contribution in [0.25, 0.3) is 0 Å². The van der Waals surface area contributed by atoms with Crippen molar-refractivity contribution < 1.29 is 23.9 Å². The Balaban J connectivity index is 0.000000167. The zero-order chi connectivity index (χ0) is 31.5. The maximum atomic E-state index is 12.9. The smallest absolute Gasteiger partial charge is 0.211 e. The zero-order valence-corrected chi connectivity index (χ0v) is 26.0. The van der Waals surface area contributed by atoms with E-state index in [1.165, 1.54) is 5.56 Å². The van der Waals surface area contributed by atoms with Gasteiger partial charge in [0.25, 0.3) is 0 Å². The standard InChI is InChI=1S/C21H19ClN2O2.C14H12ClNO3/c22-18-19(21(26)17-9-5-4-8-16(17)20(18)25)24-12-10-23(11-13-24)14-15-6-2-1-3-7-15;15-11-12(16-5-7-19-8-6-16)14(18)10-4-2-1-3-9(10)13(11)17/h1-9H,10-14H2;1-4H,5-8H2. The third-order valence-corrected chi connectivity index (χ3v) is 9.04. The SMILES string of the molecule is O=C1C(Cl)=C(N2CCN(Cc3ccccc3)CC2)C(=O)c2ccccc21.O=C1C(Cl)=C(N2CCOCC2)C(=O)c2ccccc21. The predicted octanol–water partition coefficient (Wildman–Crippen LogP) is 5.18. The second-order valence-electron chi connectivity index (χ2n) is 11.1. The quantitative estimate of drug-likeness (QED) is 0.384. The Morgan fingerprint density at radius 1 is 0.511 bits per heavy atom. The third-order valence-electron chi connectivity index (χ3n) is 8.34. The Bertz CT molecular complexity index is 1720. The van der Waals surface area contributed by atoms with Gasteiger partial charge in [-0.15, -0.1) is 0 Å². The van der Waals surface area contributed by atoms with Crippen LogP contribution < -0.4 is 0 Å². The molecule has 45 heavy (non-hydrogen) atoms. The number of Topliss-reactive ketones (excluding diaryl/α,β-unsaturated/α-hetero) is 4. The number of ketones is 4. The first-order valence-electron chi connectivity index (χ1n) is 14.9. The van der Waals surface area contributed by atoms with Crippen LogP contribution >= 0.6 is 23.2 Å². The van der Waals surface area contributed by atoms with E-state index in [1.807, 2.05) is 28.0 Å². The number of carbonyl (C=O) groups excluding carboxylic acids is 4. The maximum absolute atomic E-state index is 12.9. The van der Waals surface area contributed by atoms with Crippen LogP contribution in [0.2, 0.25) is 0 Å². The molecule has 8 nitrogen and oxygen atoms in total. The summed E-state index contributed by atoms with van der Waals surface area (Å²) in [7, 11) is 0. The van der Waals surface area contributed by atoms with E-state index in [4.69, 9.17) is 27.9 Å². The van der Waals surface area contributed by atoms with E-state index in [0.29, 0.717) is 73.0 Å². The molecule has 0 aromatic heterocycles. The normalized spacial score (nSPS) is 18.9. The van der Waals surface area contributed by atoms with Gasteiger partial charge in [-0.05, 0) is 5.56 Å². The predicted molar refractivity (Wildman–Crippen MR) is 172 cm³/mol. The van der Waals surface area contributed by atoms with E-state index in [2.05, 4.69) is 17.0 Å². The molecule has 2 aliphatic heterocycles. The zero-order valence-electron chi connectivity index (χ0n) is 24.5. The molecule has 7 rings (SSSR count). The number of allylic oxidation sites excluding steroid dienone is 4. The van der Waals surface area contributed by atoms with Gasteiger partial charge in [0.2, 0.25) is 23.1 Å². The molecular weight excluding hydrogens is 613 g/mol. The van der Waals surface area contributed by atoms with Crippen LogP contribution in [0.1, 0.15) is 47.0 Å². The minimum absolute atomic E-state index is 0.0191. The lowest BCUT2D eigenvalue weighted by atomic mass is 9.91. The first-order chi connectivity index (χ1) is 21.8. The van der Waals surface area contributed by atoms with Gasteiger partial charge >= 0.3 is 0 Å². The molecule has 2 aliphatic carbocycles. The maximum Gasteiger partial charge on any atom is 0.211 e. The molecule has 10 heteroatoms. The Morgan fingerprint density at radius 3 is 1.38 bits per heavy atom. The van der Waals surface area contributed by atoms with Crippen molar-refractivity contribution >= 4 is 46.3 Å². The summed E-state index contributed by atoms with van der Waals surface area (Å²) in [5.41, 5.74) is 3.60. The first-order valence-corrected chi connectivity index (χ1v) is 15.6. The van der Waals surface area contributed by atoms with Crippen molar-refractivity contribution in [1.29, 1.82) is 0 Å². The first kappa shape index (κ1) is 30.9. The minimum atomic E-state index is -0.279. The van der Waals surface area contributed by atoms with Crippen LogP contribution in [0, 0.1) is 0 Å². The van der Waals surface area contributed by atoms with Crippen LogP contribution in [0.15, 0.2) is 100 Å².